The van der Waals surface area contributed by atoms with Gasteiger partial charge in [-0.05, 0) is 42.0 Å². The number of hydrogen-bond acceptors (Lipinski definition) is 2. The molecule has 3 nitrogen and oxygen atoms in total. The third kappa shape index (κ3) is 3.16. The van der Waals surface area contributed by atoms with Crippen molar-refractivity contribution in [3.63, 3.8) is 0 Å². The van der Waals surface area contributed by atoms with Gasteiger partial charge in [-0.1, -0.05) is 12.1 Å². The molecule has 5 heteroatoms. The highest BCUT2D eigenvalue weighted by Gasteiger charge is 2.05. The topological polar surface area (TPSA) is 32.0 Å². The number of fused-ring (bicyclic) bond motifs is 1. The molecule has 0 saturated carbocycles. The van der Waals surface area contributed by atoms with Gasteiger partial charge in [0.2, 0.25) is 0 Å². The number of anilines is 1. The van der Waals surface area contributed by atoms with Crippen LogP contribution >= 0.6 is 45.7 Å². The van der Waals surface area contributed by atoms with Crippen LogP contribution in [0.3, 0.4) is 0 Å². The van der Waals surface area contributed by atoms with Gasteiger partial charge in [-0.25, -0.2) is 0 Å². The van der Waals surface area contributed by atoms with Crippen LogP contribution in [0.2, 0.25) is 0 Å². The van der Waals surface area contributed by atoms with E-state index >= 15 is 0 Å². The van der Waals surface area contributed by atoms with Crippen molar-refractivity contribution in [2.24, 2.45) is 0 Å². The Balaban J connectivity index is 1.96. The normalized spacial score (nSPS) is 10.5. The first-order valence-electron chi connectivity index (χ1n) is 6.37. The minimum absolute atomic E-state index is 0.705. The summed E-state index contributed by atoms with van der Waals surface area (Å²) in [6.07, 6.45) is 2.10. The van der Waals surface area contributed by atoms with Gasteiger partial charge < -0.3 is 4.57 Å². The number of benzene rings is 2. The van der Waals surface area contributed by atoms with Crippen molar-refractivity contribution < 1.29 is 0 Å². The molecule has 0 bridgehead atoms. The first kappa shape index (κ1) is 14.7. The van der Waals surface area contributed by atoms with Gasteiger partial charge in [0.05, 0.1) is 63.0 Å². The minimum Gasteiger partial charge on any atom is -0.343 e. The second-order valence-corrected chi connectivity index (χ2v) is 8.51. The average Bonchev–Trinajstić information content (AvgIpc) is 2.90. The fraction of sp³-hybridized carbons (Fsp3) is 0.0625. The molecular formula is C16H11I2N3. The summed E-state index contributed by atoms with van der Waals surface area (Å²) >= 11 is 4.51. The Kier molecular flexibility index (Phi) is 4.35. The summed E-state index contributed by atoms with van der Waals surface area (Å²) in [6, 6.07) is 18.5. The second-order valence-electron chi connectivity index (χ2n) is 4.73. The third-order valence-electron chi connectivity index (χ3n) is 3.36. The fourth-order valence-electron chi connectivity index (χ4n) is 2.37. The SMILES string of the molecule is N#Cc1cccc(Cn2ccc3cc(N(I)I)ccc32)c1. The molecule has 0 radical (unpaired) electrons. The average molecular weight is 499 g/mol. The molecule has 21 heavy (non-hydrogen) atoms. The predicted molar refractivity (Wildman–Crippen MR) is 103 cm³/mol. The second kappa shape index (κ2) is 6.23. The van der Waals surface area contributed by atoms with Gasteiger partial charge in [-0.15, -0.1) is 0 Å². The molecule has 0 aliphatic rings. The summed E-state index contributed by atoms with van der Waals surface area (Å²) in [7, 11) is 0. The zero-order valence-corrected chi connectivity index (χ0v) is 15.3. The Bertz CT molecular complexity index is 831. The highest BCUT2D eigenvalue weighted by atomic mass is 127. The van der Waals surface area contributed by atoms with E-state index in [1.165, 1.54) is 16.6 Å². The molecule has 3 rings (SSSR count). The van der Waals surface area contributed by atoms with Crippen LogP contribution < -0.4 is 1.33 Å². The van der Waals surface area contributed by atoms with Gasteiger partial charge >= 0.3 is 0 Å². The molecule has 0 N–H and O–H groups in total. The smallest absolute Gasteiger partial charge is 0.0991 e. The lowest BCUT2D eigenvalue weighted by Gasteiger charge is -2.09. The van der Waals surface area contributed by atoms with Gasteiger partial charge in [0.25, 0.3) is 0 Å². The molecule has 1 aromatic heterocycles. The largest absolute Gasteiger partial charge is 0.343 e. The van der Waals surface area contributed by atoms with E-state index in [1.807, 2.05) is 19.5 Å². The zero-order chi connectivity index (χ0) is 14.8. The molecule has 3 aromatic rings. The first-order valence-corrected chi connectivity index (χ1v) is 8.30. The van der Waals surface area contributed by atoms with Crippen molar-refractivity contribution in [3.05, 3.63) is 65.9 Å². The molecule has 2 aromatic carbocycles. The zero-order valence-electron chi connectivity index (χ0n) is 11.0. The number of rotatable bonds is 3. The van der Waals surface area contributed by atoms with Crippen LogP contribution in [0.4, 0.5) is 5.69 Å². The number of nitrogens with zero attached hydrogens (tertiary/aromatic N) is 3. The summed E-state index contributed by atoms with van der Waals surface area (Å²) in [5, 5.41) is 10.2. The predicted octanol–water partition coefficient (Wildman–Crippen LogP) is 5.07. The molecule has 0 saturated heterocycles. The van der Waals surface area contributed by atoms with Gasteiger partial charge in [-0.3, -0.25) is 1.33 Å². The number of aromatic nitrogens is 1. The van der Waals surface area contributed by atoms with E-state index in [0.29, 0.717) is 5.56 Å². The minimum atomic E-state index is 0.705. The summed E-state index contributed by atoms with van der Waals surface area (Å²) in [5.74, 6) is 0. The van der Waals surface area contributed by atoms with Crippen LogP contribution in [-0.4, -0.2) is 4.57 Å². The molecule has 0 atom stereocenters. The van der Waals surface area contributed by atoms with Crippen LogP contribution in [0.15, 0.2) is 54.7 Å². The first-order chi connectivity index (χ1) is 10.2. The van der Waals surface area contributed by atoms with Crippen molar-refractivity contribution >= 4 is 62.3 Å². The Morgan fingerprint density at radius 1 is 1.10 bits per heavy atom. The van der Waals surface area contributed by atoms with Crippen LogP contribution in [0.25, 0.3) is 10.9 Å². The van der Waals surface area contributed by atoms with E-state index in [4.69, 9.17) is 5.26 Å². The number of hydrogen-bond donors (Lipinski definition) is 0. The van der Waals surface area contributed by atoms with Crippen molar-refractivity contribution in [1.82, 2.24) is 4.57 Å². The van der Waals surface area contributed by atoms with Crippen molar-refractivity contribution in [1.29, 1.82) is 5.26 Å². The molecule has 0 aliphatic heterocycles. The van der Waals surface area contributed by atoms with Gasteiger partial charge in [0.15, 0.2) is 0 Å². The highest BCUT2D eigenvalue weighted by molar-refractivity contribution is 14.2. The molecule has 0 spiro atoms. The van der Waals surface area contributed by atoms with Crippen LogP contribution in [0.1, 0.15) is 11.1 Å². The Morgan fingerprint density at radius 3 is 2.71 bits per heavy atom. The summed E-state index contributed by atoms with van der Waals surface area (Å²) < 4.78 is 4.25. The fourth-order valence-corrected chi connectivity index (χ4v) is 2.97. The number of nitriles is 1. The Hall–Kier alpha value is -1.27. The molecule has 104 valence electrons. The van der Waals surface area contributed by atoms with Gasteiger partial charge in [0.1, 0.15) is 0 Å². The lowest BCUT2D eigenvalue weighted by atomic mass is 10.1. The molecule has 1 heterocycles. The number of halogens is 2. The van der Waals surface area contributed by atoms with Gasteiger partial charge in [0, 0.05) is 23.6 Å². The van der Waals surface area contributed by atoms with Crippen LogP contribution in [0.5, 0.6) is 0 Å². The lowest BCUT2D eigenvalue weighted by molar-refractivity contribution is 0.836. The maximum Gasteiger partial charge on any atom is 0.0991 e. The van der Waals surface area contributed by atoms with E-state index in [-0.39, 0.29) is 0 Å². The van der Waals surface area contributed by atoms with E-state index in [9.17, 15) is 0 Å². The van der Waals surface area contributed by atoms with Crippen LogP contribution in [-0.2, 0) is 6.54 Å². The highest BCUT2D eigenvalue weighted by Crippen LogP contribution is 2.28. The summed E-state index contributed by atoms with van der Waals surface area (Å²) in [4.78, 5) is 0. The molecule has 0 amide bonds. The lowest BCUT2D eigenvalue weighted by Crippen LogP contribution is -1.98. The van der Waals surface area contributed by atoms with Crippen LogP contribution in [0, 0.1) is 11.3 Å². The van der Waals surface area contributed by atoms with E-state index < -0.39 is 0 Å². The standard InChI is InChI=1S/C16H11I2N3/c17-21(18)15-4-5-16-14(9-15)6-7-20(16)11-13-3-1-2-12(8-13)10-19/h1-9H,11H2. The quantitative estimate of drug-likeness (QED) is 0.373. The molecule has 0 unspecified atom stereocenters. The third-order valence-corrected chi connectivity index (χ3v) is 4.47. The molecule has 0 fully saturated rings. The Labute approximate surface area is 151 Å². The maximum atomic E-state index is 8.98. The maximum absolute atomic E-state index is 8.98. The summed E-state index contributed by atoms with van der Waals surface area (Å²) in [6.45, 7) is 0.774. The summed E-state index contributed by atoms with van der Waals surface area (Å²) in [5.41, 5.74) is 4.22. The molecule has 0 aliphatic carbocycles. The van der Waals surface area contributed by atoms with Gasteiger partial charge in [-0.2, -0.15) is 5.26 Å². The van der Waals surface area contributed by atoms with Crippen molar-refractivity contribution in [2.75, 3.05) is 1.33 Å². The van der Waals surface area contributed by atoms with E-state index in [2.05, 4.69) is 92.9 Å². The van der Waals surface area contributed by atoms with Crippen molar-refractivity contribution in [2.45, 2.75) is 6.54 Å². The monoisotopic (exact) mass is 499 g/mol. The molecular weight excluding hydrogens is 488 g/mol. The van der Waals surface area contributed by atoms with E-state index in [1.54, 1.807) is 0 Å². The van der Waals surface area contributed by atoms with Crippen molar-refractivity contribution in [3.8, 4) is 6.07 Å². The Morgan fingerprint density at radius 2 is 1.95 bits per heavy atom. The van der Waals surface area contributed by atoms with E-state index in [0.717, 1.165) is 12.1 Å².